The molecule has 5 heteroatoms. The molecule has 2 rings (SSSR count). The van der Waals surface area contributed by atoms with Crippen LogP contribution in [0.4, 0.5) is 0 Å². The van der Waals surface area contributed by atoms with E-state index in [0.29, 0.717) is 12.2 Å². The van der Waals surface area contributed by atoms with Crippen LogP contribution < -0.4 is 5.32 Å². The van der Waals surface area contributed by atoms with Crippen molar-refractivity contribution in [2.24, 2.45) is 0 Å². The van der Waals surface area contributed by atoms with Crippen molar-refractivity contribution in [3.63, 3.8) is 0 Å². The van der Waals surface area contributed by atoms with Gasteiger partial charge in [-0.1, -0.05) is 59.7 Å². The monoisotopic (exact) mass is 341 g/mol. The van der Waals surface area contributed by atoms with Crippen LogP contribution in [0, 0.1) is 13.8 Å². The normalized spacial score (nSPS) is 11.8. The van der Waals surface area contributed by atoms with Crippen molar-refractivity contribution >= 4 is 11.9 Å². The van der Waals surface area contributed by atoms with Crippen molar-refractivity contribution in [2.75, 3.05) is 6.61 Å². The minimum atomic E-state index is -1.08. The van der Waals surface area contributed by atoms with Crippen LogP contribution in [0.1, 0.15) is 34.7 Å². The molecule has 2 aromatic carbocycles. The van der Waals surface area contributed by atoms with Crippen LogP contribution in [0.15, 0.2) is 48.5 Å². The number of hydrogen-bond donors (Lipinski definition) is 2. The number of hydrogen-bond acceptors (Lipinski definition) is 3. The number of benzene rings is 2. The molecule has 1 atom stereocenters. The lowest BCUT2D eigenvalue weighted by molar-refractivity contribution is -0.142. The SMILES string of the molecule is Cc1cc(C)cc(C(NC(=O)CCOCc2ccccc2)C(=O)O)c1. The van der Waals surface area contributed by atoms with Gasteiger partial charge in [0.25, 0.3) is 0 Å². The maximum atomic E-state index is 12.1. The molecule has 0 aliphatic carbocycles. The fourth-order valence-corrected chi connectivity index (χ4v) is 2.63. The number of aryl methyl sites for hydroxylation is 2. The van der Waals surface area contributed by atoms with Gasteiger partial charge in [0.1, 0.15) is 0 Å². The summed E-state index contributed by atoms with van der Waals surface area (Å²) in [5.74, 6) is -1.43. The van der Waals surface area contributed by atoms with Crippen LogP contribution in [0.2, 0.25) is 0 Å². The Morgan fingerprint density at radius 2 is 1.72 bits per heavy atom. The van der Waals surface area contributed by atoms with Gasteiger partial charge in [-0.25, -0.2) is 4.79 Å². The van der Waals surface area contributed by atoms with Gasteiger partial charge < -0.3 is 15.2 Å². The highest BCUT2D eigenvalue weighted by Crippen LogP contribution is 2.17. The Labute approximate surface area is 147 Å². The molecule has 0 bridgehead atoms. The molecular weight excluding hydrogens is 318 g/mol. The molecular formula is C20H23NO4. The third-order valence-electron chi connectivity index (χ3n) is 3.71. The van der Waals surface area contributed by atoms with Crippen LogP contribution in [0.5, 0.6) is 0 Å². The molecule has 0 fully saturated rings. The average Bonchev–Trinajstić information content (AvgIpc) is 2.56. The number of amides is 1. The van der Waals surface area contributed by atoms with Crippen molar-refractivity contribution < 1.29 is 19.4 Å². The number of nitrogens with one attached hydrogen (secondary N) is 1. The highest BCUT2D eigenvalue weighted by Gasteiger charge is 2.22. The van der Waals surface area contributed by atoms with E-state index in [-0.39, 0.29) is 18.9 Å². The Morgan fingerprint density at radius 1 is 1.08 bits per heavy atom. The molecule has 132 valence electrons. The van der Waals surface area contributed by atoms with Crippen LogP contribution in [-0.4, -0.2) is 23.6 Å². The van der Waals surface area contributed by atoms with E-state index in [1.54, 1.807) is 12.1 Å². The summed E-state index contributed by atoms with van der Waals surface area (Å²) in [4.78, 5) is 23.6. The summed E-state index contributed by atoms with van der Waals surface area (Å²) in [5, 5.41) is 12.0. The third kappa shape index (κ3) is 6.04. The van der Waals surface area contributed by atoms with Gasteiger partial charge in [-0.15, -0.1) is 0 Å². The van der Waals surface area contributed by atoms with Gasteiger partial charge in [-0.05, 0) is 25.0 Å². The van der Waals surface area contributed by atoms with E-state index in [1.807, 2.05) is 50.2 Å². The summed E-state index contributed by atoms with van der Waals surface area (Å²) < 4.78 is 5.47. The summed E-state index contributed by atoms with van der Waals surface area (Å²) in [6.45, 7) is 4.46. The number of ether oxygens (including phenoxy) is 1. The molecule has 0 radical (unpaired) electrons. The summed E-state index contributed by atoms with van der Waals surface area (Å²) in [6, 6.07) is 14.1. The predicted molar refractivity (Wildman–Crippen MR) is 95.2 cm³/mol. The van der Waals surface area contributed by atoms with Crippen molar-refractivity contribution in [2.45, 2.75) is 32.9 Å². The van der Waals surface area contributed by atoms with Gasteiger partial charge in [0, 0.05) is 0 Å². The van der Waals surface area contributed by atoms with E-state index in [0.717, 1.165) is 16.7 Å². The van der Waals surface area contributed by atoms with Gasteiger partial charge >= 0.3 is 5.97 Å². The first-order chi connectivity index (χ1) is 12.0. The second kappa shape index (κ2) is 8.99. The van der Waals surface area contributed by atoms with Gasteiger partial charge in [-0.2, -0.15) is 0 Å². The fraction of sp³-hybridized carbons (Fsp3) is 0.300. The number of carbonyl (C=O) groups is 2. The molecule has 0 aliphatic rings. The van der Waals surface area contributed by atoms with Crippen molar-refractivity contribution in [3.05, 3.63) is 70.8 Å². The Hall–Kier alpha value is -2.66. The van der Waals surface area contributed by atoms with Crippen molar-refractivity contribution in [1.29, 1.82) is 0 Å². The maximum absolute atomic E-state index is 12.1. The molecule has 2 aromatic rings. The molecule has 0 aromatic heterocycles. The molecule has 1 unspecified atom stereocenters. The molecule has 2 N–H and O–H groups in total. The van der Waals surface area contributed by atoms with E-state index in [2.05, 4.69) is 5.32 Å². The van der Waals surface area contributed by atoms with Gasteiger partial charge in [-0.3, -0.25) is 4.79 Å². The lowest BCUT2D eigenvalue weighted by Gasteiger charge is -2.16. The zero-order valence-electron chi connectivity index (χ0n) is 14.5. The van der Waals surface area contributed by atoms with Crippen LogP contribution >= 0.6 is 0 Å². The molecule has 25 heavy (non-hydrogen) atoms. The van der Waals surface area contributed by atoms with E-state index in [4.69, 9.17) is 4.74 Å². The van der Waals surface area contributed by atoms with Gasteiger partial charge in [0.2, 0.25) is 5.91 Å². The smallest absolute Gasteiger partial charge is 0.330 e. The van der Waals surface area contributed by atoms with Gasteiger partial charge in [0.05, 0.1) is 19.6 Å². The Balaban J connectivity index is 1.86. The highest BCUT2D eigenvalue weighted by molar-refractivity contribution is 5.84. The number of carbonyl (C=O) groups excluding carboxylic acids is 1. The van der Waals surface area contributed by atoms with Crippen LogP contribution in [0.3, 0.4) is 0 Å². The van der Waals surface area contributed by atoms with E-state index < -0.39 is 12.0 Å². The molecule has 5 nitrogen and oxygen atoms in total. The standard InChI is InChI=1S/C20H23NO4/c1-14-10-15(2)12-17(11-14)19(20(23)24)21-18(22)8-9-25-13-16-6-4-3-5-7-16/h3-7,10-12,19H,8-9,13H2,1-2H3,(H,21,22)(H,23,24). The van der Waals surface area contributed by atoms with Gasteiger partial charge in [0.15, 0.2) is 6.04 Å². The first-order valence-electron chi connectivity index (χ1n) is 8.18. The minimum Gasteiger partial charge on any atom is -0.479 e. The van der Waals surface area contributed by atoms with Crippen LogP contribution in [0.25, 0.3) is 0 Å². The Morgan fingerprint density at radius 3 is 2.32 bits per heavy atom. The first kappa shape index (κ1) is 18.7. The van der Waals surface area contributed by atoms with E-state index >= 15 is 0 Å². The quantitative estimate of drug-likeness (QED) is 0.723. The third-order valence-corrected chi connectivity index (χ3v) is 3.71. The Kier molecular flexibility index (Phi) is 6.71. The highest BCUT2D eigenvalue weighted by atomic mass is 16.5. The lowest BCUT2D eigenvalue weighted by atomic mass is 10.0. The summed E-state index contributed by atoms with van der Waals surface area (Å²) in [6.07, 6.45) is 0.113. The second-order valence-electron chi connectivity index (χ2n) is 6.05. The zero-order chi connectivity index (χ0) is 18.2. The molecule has 0 aliphatic heterocycles. The summed E-state index contributed by atoms with van der Waals surface area (Å²) >= 11 is 0. The van der Waals surface area contributed by atoms with E-state index in [9.17, 15) is 14.7 Å². The average molecular weight is 341 g/mol. The summed E-state index contributed by atoms with van der Waals surface area (Å²) in [7, 11) is 0. The topological polar surface area (TPSA) is 75.6 Å². The lowest BCUT2D eigenvalue weighted by Crippen LogP contribution is -2.34. The summed E-state index contributed by atoms with van der Waals surface area (Å²) in [5.41, 5.74) is 3.52. The predicted octanol–water partition coefficient (Wildman–Crippen LogP) is 3.15. The number of carboxylic acid groups (broad SMARTS) is 1. The molecule has 0 spiro atoms. The molecule has 0 saturated heterocycles. The molecule has 0 saturated carbocycles. The van der Waals surface area contributed by atoms with Crippen molar-refractivity contribution in [1.82, 2.24) is 5.32 Å². The first-order valence-corrected chi connectivity index (χ1v) is 8.18. The molecule has 0 heterocycles. The number of rotatable bonds is 8. The van der Waals surface area contributed by atoms with Crippen LogP contribution in [-0.2, 0) is 20.9 Å². The Bertz CT molecular complexity index is 707. The van der Waals surface area contributed by atoms with E-state index in [1.165, 1.54) is 0 Å². The fourth-order valence-electron chi connectivity index (χ4n) is 2.63. The largest absolute Gasteiger partial charge is 0.479 e. The maximum Gasteiger partial charge on any atom is 0.330 e. The molecule has 1 amide bonds. The minimum absolute atomic E-state index is 0.113. The number of aliphatic carboxylic acids is 1. The van der Waals surface area contributed by atoms with Crippen molar-refractivity contribution in [3.8, 4) is 0 Å². The number of carboxylic acids is 1. The second-order valence-corrected chi connectivity index (χ2v) is 6.05. The zero-order valence-corrected chi connectivity index (χ0v) is 14.5.